The largest absolute Gasteiger partial charge is 0.0698 e. The summed E-state index contributed by atoms with van der Waals surface area (Å²) in [6.45, 7) is 4.43. The molecule has 0 fully saturated rings. The molecule has 1 aromatic carbocycles. The lowest BCUT2D eigenvalue weighted by atomic mass is 10.1. The first-order chi connectivity index (χ1) is 6.27. The molecule has 1 atom stereocenters. The summed E-state index contributed by atoms with van der Waals surface area (Å²) in [7, 11) is 0. The third-order valence-corrected chi connectivity index (χ3v) is 2.64. The van der Waals surface area contributed by atoms with Gasteiger partial charge in [-0.15, -0.1) is 0 Å². The van der Waals surface area contributed by atoms with Crippen molar-refractivity contribution >= 4 is 5.57 Å². The van der Waals surface area contributed by atoms with Crippen molar-refractivity contribution < 1.29 is 0 Å². The first kappa shape index (κ1) is 8.31. The maximum atomic E-state index is 2.32. The van der Waals surface area contributed by atoms with E-state index >= 15 is 0 Å². The van der Waals surface area contributed by atoms with Crippen molar-refractivity contribution in [3.05, 3.63) is 53.6 Å². The summed E-state index contributed by atoms with van der Waals surface area (Å²) < 4.78 is 0. The van der Waals surface area contributed by atoms with E-state index in [0.29, 0.717) is 5.92 Å². The molecule has 66 valence electrons. The van der Waals surface area contributed by atoms with E-state index in [0.717, 1.165) is 0 Å². The van der Waals surface area contributed by atoms with Crippen LogP contribution in [0.3, 0.4) is 0 Å². The molecule has 2 rings (SSSR count). The Kier molecular flexibility index (Phi) is 2.05. The first-order valence-corrected chi connectivity index (χ1v) is 4.73. The van der Waals surface area contributed by atoms with Gasteiger partial charge in [-0.25, -0.2) is 0 Å². The van der Waals surface area contributed by atoms with Crippen molar-refractivity contribution in [3.8, 4) is 0 Å². The average Bonchev–Trinajstić information content (AvgIpc) is 2.49. The highest BCUT2D eigenvalue weighted by Gasteiger charge is 2.11. The molecule has 1 aliphatic rings. The second-order valence-corrected chi connectivity index (χ2v) is 3.67. The van der Waals surface area contributed by atoms with Gasteiger partial charge < -0.3 is 0 Å². The minimum atomic E-state index is 0.607. The van der Waals surface area contributed by atoms with Gasteiger partial charge in [-0.2, -0.15) is 0 Å². The van der Waals surface area contributed by atoms with Crippen LogP contribution in [0.4, 0.5) is 0 Å². The Morgan fingerprint density at radius 1 is 1.08 bits per heavy atom. The summed E-state index contributed by atoms with van der Waals surface area (Å²) in [5.41, 5.74) is 4.15. The Morgan fingerprint density at radius 2 is 1.77 bits per heavy atom. The topological polar surface area (TPSA) is 0 Å². The van der Waals surface area contributed by atoms with Crippen LogP contribution in [0.25, 0.3) is 5.57 Å². The summed E-state index contributed by atoms with van der Waals surface area (Å²) in [5.74, 6) is 0.607. The van der Waals surface area contributed by atoms with Gasteiger partial charge in [-0.05, 0) is 24.0 Å². The van der Waals surface area contributed by atoms with E-state index in [2.05, 4.69) is 56.3 Å². The van der Waals surface area contributed by atoms with Crippen LogP contribution >= 0.6 is 0 Å². The Morgan fingerprint density at radius 3 is 2.31 bits per heavy atom. The van der Waals surface area contributed by atoms with Crippen LogP contribution in [0.2, 0.25) is 0 Å². The second kappa shape index (κ2) is 3.21. The molecule has 0 saturated carbocycles. The lowest BCUT2D eigenvalue weighted by Crippen LogP contribution is -1.83. The van der Waals surface area contributed by atoms with E-state index in [-0.39, 0.29) is 0 Å². The van der Waals surface area contributed by atoms with Crippen LogP contribution in [0.1, 0.15) is 19.4 Å². The Balaban J connectivity index is 2.35. The predicted molar refractivity (Wildman–Crippen MR) is 57.3 cm³/mol. The molecular formula is C13H14. The lowest BCUT2D eigenvalue weighted by molar-refractivity contribution is 0.883. The minimum absolute atomic E-state index is 0.607. The Hall–Kier alpha value is -1.30. The van der Waals surface area contributed by atoms with Gasteiger partial charge in [0.25, 0.3) is 0 Å². The molecule has 0 saturated heterocycles. The molecule has 0 bridgehead atoms. The number of benzene rings is 1. The fourth-order valence-electron chi connectivity index (χ4n) is 1.64. The van der Waals surface area contributed by atoms with Crippen molar-refractivity contribution in [3.63, 3.8) is 0 Å². The fraction of sp³-hybridized carbons (Fsp3) is 0.231. The van der Waals surface area contributed by atoms with E-state index in [4.69, 9.17) is 0 Å². The SMILES string of the molecule is CC1=CC(c2ccccc2)=C[C@@H]1C. The van der Waals surface area contributed by atoms with E-state index in [9.17, 15) is 0 Å². The van der Waals surface area contributed by atoms with E-state index in [1.807, 2.05) is 0 Å². The lowest BCUT2D eigenvalue weighted by Gasteiger charge is -1.98. The monoisotopic (exact) mass is 170 g/mol. The summed E-state index contributed by atoms with van der Waals surface area (Å²) in [4.78, 5) is 0. The summed E-state index contributed by atoms with van der Waals surface area (Å²) >= 11 is 0. The number of hydrogen-bond donors (Lipinski definition) is 0. The summed E-state index contributed by atoms with van der Waals surface area (Å²) in [5, 5.41) is 0. The van der Waals surface area contributed by atoms with Gasteiger partial charge in [0.1, 0.15) is 0 Å². The van der Waals surface area contributed by atoms with E-state index < -0.39 is 0 Å². The molecular weight excluding hydrogens is 156 g/mol. The molecule has 1 aliphatic carbocycles. The molecule has 0 nitrogen and oxygen atoms in total. The fourth-order valence-corrected chi connectivity index (χ4v) is 1.64. The maximum absolute atomic E-state index is 2.32. The molecule has 1 aromatic rings. The highest BCUT2D eigenvalue weighted by Crippen LogP contribution is 2.29. The Bertz CT molecular complexity index is 355. The van der Waals surface area contributed by atoms with Gasteiger partial charge >= 0.3 is 0 Å². The highest BCUT2D eigenvalue weighted by atomic mass is 14.2. The van der Waals surface area contributed by atoms with Crippen LogP contribution in [-0.2, 0) is 0 Å². The van der Waals surface area contributed by atoms with Crippen LogP contribution in [-0.4, -0.2) is 0 Å². The van der Waals surface area contributed by atoms with Crippen LogP contribution in [0, 0.1) is 5.92 Å². The molecule has 0 N–H and O–H groups in total. The van der Waals surface area contributed by atoms with E-state index in [1.54, 1.807) is 0 Å². The van der Waals surface area contributed by atoms with Gasteiger partial charge in [0.2, 0.25) is 0 Å². The molecule has 0 heteroatoms. The zero-order valence-corrected chi connectivity index (χ0v) is 8.12. The maximum Gasteiger partial charge on any atom is -0.00419 e. The number of allylic oxidation sites excluding steroid dienone is 4. The molecule has 0 amide bonds. The van der Waals surface area contributed by atoms with Gasteiger partial charge in [-0.1, -0.05) is 55.0 Å². The number of hydrogen-bond acceptors (Lipinski definition) is 0. The van der Waals surface area contributed by atoms with Gasteiger partial charge in [-0.3, -0.25) is 0 Å². The molecule has 0 heterocycles. The summed E-state index contributed by atoms with van der Waals surface area (Å²) in [6.07, 6.45) is 4.60. The molecule has 0 aliphatic heterocycles. The average molecular weight is 170 g/mol. The van der Waals surface area contributed by atoms with Crippen molar-refractivity contribution in [1.82, 2.24) is 0 Å². The predicted octanol–water partition coefficient (Wildman–Crippen LogP) is 3.67. The third kappa shape index (κ3) is 1.57. The molecule has 0 unspecified atom stereocenters. The van der Waals surface area contributed by atoms with Crippen molar-refractivity contribution in [1.29, 1.82) is 0 Å². The zero-order valence-electron chi connectivity index (χ0n) is 8.12. The standard InChI is InChI=1S/C13H14/c1-10-8-13(9-11(10)2)12-6-4-3-5-7-12/h3-10H,1-2H3/t10-/m0/s1. The van der Waals surface area contributed by atoms with Gasteiger partial charge in [0, 0.05) is 0 Å². The van der Waals surface area contributed by atoms with Crippen molar-refractivity contribution in [2.75, 3.05) is 0 Å². The van der Waals surface area contributed by atoms with Crippen molar-refractivity contribution in [2.45, 2.75) is 13.8 Å². The van der Waals surface area contributed by atoms with Crippen LogP contribution in [0.15, 0.2) is 48.1 Å². The summed E-state index contributed by atoms with van der Waals surface area (Å²) in [6, 6.07) is 10.5. The van der Waals surface area contributed by atoms with Gasteiger partial charge in [0.05, 0.1) is 0 Å². The normalized spacial score (nSPS) is 21.2. The molecule has 0 aromatic heterocycles. The minimum Gasteiger partial charge on any atom is -0.0698 e. The Labute approximate surface area is 79.6 Å². The van der Waals surface area contributed by atoms with Crippen LogP contribution in [0.5, 0.6) is 0 Å². The smallest absolute Gasteiger partial charge is 0.00419 e. The van der Waals surface area contributed by atoms with Crippen LogP contribution < -0.4 is 0 Å². The highest BCUT2D eigenvalue weighted by molar-refractivity contribution is 5.77. The molecule has 0 spiro atoms. The van der Waals surface area contributed by atoms with E-state index in [1.165, 1.54) is 16.7 Å². The number of rotatable bonds is 1. The zero-order chi connectivity index (χ0) is 9.26. The second-order valence-electron chi connectivity index (χ2n) is 3.67. The third-order valence-electron chi connectivity index (χ3n) is 2.64. The quantitative estimate of drug-likeness (QED) is 0.603. The first-order valence-electron chi connectivity index (χ1n) is 4.73. The van der Waals surface area contributed by atoms with Crippen molar-refractivity contribution in [2.24, 2.45) is 5.92 Å². The molecule has 0 radical (unpaired) electrons. The van der Waals surface area contributed by atoms with Gasteiger partial charge in [0.15, 0.2) is 0 Å². The molecule has 13 heavy (non-hydrogen) atoms.